The van der Waals surface area contributed by atoms with Crippen LogP contribution >= 0.6 is 0 Å². The van der Waals surface area contributed by atoms with Crippen molar-refractivity contribution in [3.63, 3.8) is 0 Å². The van der Waals surface area contributed by atoms with Crippen molar-refractivity contribution in [3.05, 3.63) is 24.3 Å². The number of rotatable bonds is 5. The van der Waals surface area contributed by atoms with Gasteiger partial charge in [0.1, 0.15) is 0 Å². The molecule has 0 atom stereocenters. The van der Waals surface area contributed by atoms with E-state index in [1.165, 1.54) is 12.1 Å². The number of anilines is 1. The molecule has 18 heavy (non-hydrogen) atoms. The lowest BCUT2D eigenvalue weighted by Crippen LogP contribution is -2.29. The summed E-state index contributed by atoms with van der Waals surface area (Å²) in [5.41, 5.74) is 0.402. The second-order valence-electron chi connectivity index (χ2n) is 3.76. The van der Waals surface area contributed by atoms with Gasteiger partial charge in [-0.05, 0) is 24.6 Å². The third-order valence-corrected chi connectivity index (χ3v) is 3.25. The monoisotopic (exact) mass is 272 g/mol. The molecule has 0 saturated carbocycles. The maximum absolute atomic E-state index is 11.4. The minimum Gasteiger partial charge on any atom is -0.396 e. The van der Waals surface area contributed by atoms with Crippen LogP contribution in [0.1, 0.15) is 6.42 Å². The van der Waals surface area contributed by atoms with Gasteiger partial charge in [0.05, 0.1) is 4.90 Å². The summed E-state index contributed by atoms with van der Waals surface area (Å²) in [7, 11) is -3.29. The van der Waals surface area contributed by atoms with E-state index in [-0.39, 0.29) is 11.5 Å². The summed E-state index contributed by atoms with van der Waals surface area (Å²) in [5.74, 6) is 0. The van der Waals surface area contributed by atoms with E-state index in [1.54, 1.807) is 12.1 Å². The molecule has 0 unspecified atom stereocenters. The van der Waals surface area contributed by atoms with Crippen molar-refractivity contribution in [2.45, 2.75) is 11.3 Å². The number of carbonyl (C=O) groups is 1. The van der Waals surface area contributed by atoms with Gasteiger partial charge in [-0.2, -0.15) is 0 Å². The largest absolute Gasteiger partial charge is 0.396 e. The lowest BCUT2D eigenvalue weighted by molar-refractivity contribution is 0.249. The minimum absolute atomic E-state index is 0.00381. The molecular weight excluding hydrogens is 256 g/mol. The van der Waals surface area contributed by atoms with Crippen molar-refractivity contribution in [2.24, 2.45) is 0 Å². The number of nitrogens with one attached hydrogen (secondary N) is 2. The van der Waals surface area contributed by atoms with Crippen LogP contribution in [0.5, 0.6) is 0 Å². The van der Waals surface area contributed by atoms with Crippen LogP contribution in [0.4, 0.5) is 10.5 Å². The molecule has 0 fully saturated rings. The highest BCUT2D eigenvalue weighted by Crippen LogP contribution is 2.14. The van der Waals surface area contributed by atoms with Gasteiger partial charge in [-0.3, -0.25) is 0 Å². The van der Waals surface area contributed by atoms with Crippen LogP contribution in [0.25, 0.3) is 0 Å². The molecule has 0 bridgehead atoms. The quantitative estimate of drug-likeness (QED) is 0.684. The number of aliphatic hydroxyl groups excluding tert-OH is 1. The summed E-state index contributed by atoms with van der Waals surface area (Å²) in [4.78, 5) is 11.5. The van der Waals surface area contributed by atoms with Crippen molar-refractivity contribution in [1.29, 1.82) is 0 Å². The van der Waals surface area contributed by atoms with Gasteiger partial charge in [0.2, 0.25) is 0 Å². The van der Waals surface area contributed by atoms with Gasteiger partial charge in [0.25, 0.3) is 0 Å². The van der Waals surface area contributed by atoms with E-state index in [1.807, 2.05) is 0 Å². The van der Waals surface area contributed by atoms with E-state index in [4.69, 9.17) is 5.11 Å². The Morgan fingerprint density at radius 2 is 2.11 bits per heavy atom. The molecule has 0 aliphatic rings. The first-order chi connectivity index (χ1) is 8.43. The third-order valence-electron chi connectivity index (χ3n) is 2.14. The maximum atomic E-state index is 11.4. The van der Waals surface area contributed by atoms with E-state index in [2.05, 4.69) is 10.6 Å². The molecule has 1 aromatic rings. The summed E-state index contributed by atoms with van der Waals surface area (Å²) in [6, 6.07) is 5.57. The van der Waals surface area contributed by atoms with Gasteiger partial charge in [-0.15, -0.1) is 0 Å². The smallest absolute Gasteiger partial charge is 0.319 e. The highest BCUT2D eigenvalue weighted by atomic mass is 32.2. The van der Waals surface area contributed by atoms with Crippen molar-refractivity contribution in [3.8, 4) is 0 Å². The SMILES string of the molecule is CS(=O)(=O)c1cccc(NC(=O)NCCCO)c1. The topological polar surface area (TPSA) is 95.5 Å². The fourth-order valence-electron chi connectivity index (χ4n) is 1.26. The van der Waals surface area contributed by atoms with E-state index >= 15 is 0 Å². The van der Waals surface area contributed by atoms with Gasteiger partial charge in [-0.25, -0.2) is 13.2 Å². The Hall–Kier alpha value is -1.60. The number of amides is 2. The fraction of sp³-hybridized carbons (Fsp3) is 0.364. The van der Waals surface area contributed by atoms with Crippen molar-refractivity contribution in [2.75, 3.05) is 24.7 Å². The van der Waals surface area contributed by atoms with E-state index < -0.39 is 15.9 Å². The first-order valence-electron chi connectivity index (χ1n) is 5.39. The van der Waals surface area contributed by atoms with Crippen LogP contribution in [-0.2, 0) is 9.84 Å². The van der Waals surface area contributed by atoms with Gasteiger partial charge >= 0.3 is 6.03 Å². The second kappa shape index (κ2) is 6.36. The minimum atomic E-state index is -3.29. The van der Waals surface area contributed by atoms with Crippen molar-refractivity contribution < 1.29 is 18.3 Å². The maximum Gasteiger partial charge on any atom is 0.319 e. The standard InChI is InChI=1S/C11H16N2O4S/c1-18(16,17)10-5-2-4-9(8-10)13-11(15)12-6-3-7-14/h2,4-5,8,14H,3,6-7H2,1H3,(H2,12,13,15). The number of sulfone groups is 1. The molecule has 0 saturated heterocycles. The van der Waals surface area contributed by atoms with Gasteiger partial charge in [0, 0.05) is 25.1 Å². The normalized spacial score (nSPS) is 11.0. The Labute approximate surface area is 106 Å². The lowest BCUT2D eigenvalue weighted by Gasteiger charge is -2.08. The van der Waals surface area contributed by atoms with Gasteiger partial charge in [0.15, 0.2) is 9.84 Å². The highest BCUT2D eigenvalue weighted by Gasteiger charge is 2.08. The lowest BCUT2D eigenvalue weighted by atomic mass is 10.3. The molecule has 0 aromatic heterocycles. The summed E-state index contributed by atoms with van der Waals surface area (Å²) >= 11 is 0. The van der Waals surface area contributed by atoms with Gasteiger partial charge in [-0.1, -0.05) is 6.07 Å². The third kappa shape index (κ3) is 4.72. The molecule has 7 heteroatoms. The van der Waals surface area contributed by atoms with Crippen LogP contribution < -0.4 is 10.6 Å². The predicted molar refractivity (Wildman–Crippen MR) is 68.3 cm³/mol. The number of carbonyl (C=O) groups excluding carboxylic acids is 1. The Bertz CT molecular complexity index is 514. The van der Waals surface area contributed by atoms with Crippen molar-refractivity contribution in [1.82, 2.24) is 5.32 Å². The Balaban J connectivity index is 2.65. The van der Waals surface area contributed by atoms with Crippen LogP contribution in [-0.4, -0.2) is 39.0 Å². The van der Waals surface area contributed by atoms with Crippen LogP contribution in [0.3, 0.4) is 0 Å². The summed E-state index contributed by atoms with van der Waals surface area (Å²) in [5, 5.41) is 13.6. The van der Waals surface area contributed by atoms with E-state index in [9.17, 15) is 13.2 Å². The fourth-order valence-corrected chi connectivity index (χ4v) is 1.93. The van der Waals surface area contributed by atoms with Crippen LogP contribution in [0.2, 0.25) is 0 Å². The molecule has 0 heterocycles. The van der Waals surface area contributed by atoms with Crippen molar-refractivity contribution >= 4 is 21.6 Å². The molecule has 2 amide bonds. The zero-order valence-corrected chi connectivity index (χ0v) is 10.8. The molecule has 1 rings (SSSR count). The molecule has 0 aliphatic heterocycles. The average molecular weight is 272 g/mol. The number of urea groups is 1. The molecule has 1 aromatic carbocycles. The number of hydrogen-bond acceptors (Lipinski definition) is 4. The molecule has 0 spiro atoms. The molecule has 100 valence electrons. The molecule has 0 radical (unpaired) electrons. The predicted octanol–water partition coefficient (Wildman–Crippen LogP) is 0.594. The first-order valence-corrected chi connectivity index (χ1v) is 7.28. The second-order valence-corrected chi connectivity index (χ2v) is 5.77. The number of hydrogen-bond donors (Lipinski definition) is 3. The Morgan fingerprint density at radius 3 is 2.72 bits per heavy atom. The number of aliphatic hydroxyl groups is 1. The number of benzene rings is 1. The Morgan fingerprint density at radius 1 is 1.39 bits per heavy atom. The highest BCUT2D eigenvalue weighted by molar-refractivity contribution is 7.90. The molecule has 3 N–H and O–H groups in total. The van der Waals surface area contributed by atoms with E-state index in [0.717, 1.165) is 6.26 Å². The molecular formula is C11H16N2O4S. The van der Waals surface area contributed by atoms with Gasteiger partial charge < -0.3 is 15.7 Å². The zero-order chi connectivity index (χ0) is 13.6. The summed E-state index contributed by atoms with van der Waals surface area (Å²) in [6.45, 7) is 0.359. The zero-order valence-electron chi connectivity index (χ0n) is 10.0. The molecule has 6 nitrogen and oxygen atoms in total. The Kier molecular flexibility index (Phi) is 5.11. The first kappa shape index (κ1) is 14.5. The van der Waals surface area contributed by atoms with E-state index in [0.29, 0.717) is 18.7 Å². The summed E-state index contributed by atoms with van der Waals surface area (Å²) in [6.07, 6.45) is 1.57. The summed E-state index contributed by atoms with van der Waals surface area (Å²) < 4.78 is 22.7. The average Bonchev–Trinajstić information content (AvgIpc) is 2.28. The van der Waals surface area contributed by atoms with Crippen LogP contribution in [0, 0.1) is 0 Å². The van der Waals surface area contributed by atoms with Crippen LogP contribution in [0.15, 0.2) is 29.2 Å². The molecule has 0 aliphatic carbocycles.